The van der Waals surface area contributed by atoms with E-state index in [1.165, 1.54) is 0 Å². The third kappa shape index (κ3) is 4.53. The number of carbonyl (C=O) groups is 2. The fraction of sp³-hybridized carbons (Fsp3) is 0.300. The molecular weight excluding hydrogens is 332 g/mol. The van der Waals surface area contributed by atoms with E-state index in [-0.39, 0.29) is 25.0 Å². The van der Waals surface area contributed by atoms with E-state index in [2.05, 4.69) is 12.2 Å². The van der Waals surface area contributed by atoms with Gasteiger partial charge in [-0.05, 0) is 42.8 Å². The second-order valence-electron chi connectivity index (χ2n) is 6.07. The number of rotatable bonds is 7. The smallest absolute Gasteiger partial charge is 0.331 e. The van der Waals surface area contributed by atoms with Crippen molar-refractivity contribution in [3.8, 4) is 11.5 Å². The molecule has 6 nitrogen and oxygen atoms in total. The lowest BCUT2D eigenvalue weighted by Gasteiger charge is -2.29. The Hall–Kier alpha value is -3.02. The molecule has 136 valence electrons. The van der Waals surface area contributed by atoms with E-state index >= 15 is 0 Å². The Labute approximate surface area is 152 Å². The van der Waals surface area contributed by atoms with E-state index in [4.69, 9.17) is 9.47 Å². The van der Waals surface area contributed by atoms with Crippen LogP contribution in [0.25, 0.3) is 0 Å². The molecule has 0 bridgehead atoms. The molecule has 1 aliphatic rings. The van der Waals surface area contributed by atoms with Gasteiger partial charge in [0, 0.05) is 5.69 Å². The molecule has 1 heterocycles. The van der Waals surface area contributed by atoms with Crippen LogP contribution in [0.4, 0.5) is 11.4 Å². The van der Waals surface area contributed by atoms with Crippen molar-refractivity contribution in [2.75, 3.05) is 29.9 Å². The molecule has 1 aliphatic heterocycles. The highest BCUT2D eigenvalue weighted by molar-refractivity contribution is 5.96. The Kier molecular flexibility index (Phi) is 5.73. The Morgan fingerprint density at radius 1 is 1.19 bits per heavy atom. The lowest BCUT2D eigenvalue weighted by Crippen LogP contribution is -2.41. The van der Waals surface area contributed by atoms with Crippen LogP contribution in [0.1, 0.15) is 19.8 Å². The molecule has 2 aromatic carbocycles. The summed E-state index contributed by atoms with van der Waals surface area (Å²) in [6, 6.07) is 14.5. The second-order valence-corrected chi connectivity index (χ2v) is 6.07. The van der Waals surface area contributed by atoms with Gasteiger partial charge in [0.2, 0.25) is 5.91 Å². The first-order valence-corrected chi connectivity index (χ1v) is 8.73. The zero-order valence-corrected chi connectivity index (χ0v) is 14.7. The fourth-order valence-electron chi connectivity index (χ4n) is 2.68. The highest BCUT2D eigenvalue weighted by Crippen LogP contribution is 2.31. The van der Waals surface area contributed by atoms with Crippen LogP contribution < -0.4 is 19.7 Å². The van der Waals surface area contributed by atoms with Crippen molar-refractivity contribution in [3.05, 3.63) is 48.5 Å². The van der Waals surface area contributed by atoms with E-state index in [0.29, 0.717) is 18.0 Å². The first kappa shape index (κ1) is 17.8. The largest absolute Gasteiger partial charge is 0.494 e. The number of unbranched alkanes of at least 4 members (excludes halogenated alkanes) is 1. The molecule has 0 unspecified atom stereocenters. The average molecular weight is 354 g/mol. The number of fused-ring (bicyclic) bond motifs is 1. The zero-order chi connectivity index (χ0) is 18.4. The van der Waals surface area contributed by atoms with Gasteiger partial charge in [0.25, 0.3) is 0 Å². The quantitative estimate of drug-likeness (QED) is 0.470. The molecule has 0 saturated heterocycles. The molecule has 26 heavy (non-hydrogen) atoms. The molecule has 0 radical (unpaired) electrons. The molecule has 0 spiro atoms. The molecule has 2 aromatic rings. The number of nitrogens with zero attached hydrogens (tertiary/aromatic N) is 1. The molecule has 6 heteroatoms. The average Bonchev–Trinajstić information content (AvgIpc) is 2.63. The molecule has 0 aromatic heterocycles. The first-order valence-electron chi connectivity index (χ1n) is 8.73. The van der Waals surface area contributed by atoms with E-state index in [9.17, 15) is 9.59 Å². The standard InChI is InChI=1S/C20H22N2O4/c1-2-3-12-25-16-10-8-15(9-11-16)21-19(23)13-22-14-20(24)26-18-7-5-4-6-17(18)22/h4-11H,2-3,12-14H2,1H3,(H,21,23). The van der Waals surface area contributed by atoms with Crippen LogP contribution in [-0.2, 0) is 9.59 Å². The van der Waals surface area contributed by atoms with Crippen molar-refractivity contribution in [1.29, 1.82) is 0 Å². The highest BCUT2D eigenvalue weighted by Gasteiger charge is 2.25. The van der Waals surface area contributed by atoms with Crippen molar-refractivity contribution in [2.45, 2.75) is 19.8 Å². The lowest BCUT2D eigenvalue weighted by molar-refractivity contribution is -0.133. The van der Waals surface area contributed by atoms with Gasteiger partial charge in [0.15, 0.2) is 5.75 Å². The number of esters is 1. The predicted molar refractivity (Wildman–Crippen MR) is 99.8 cm³/mol. The van der Waals surface area contributed by atoms with Crippen LogP contribution in [0.2, 0.25) is 0 Å². The topological polar surface area (TPSA) is 67.9 Å². The van der Waals surface area contributed by atoms with Gasteiger partial charge in [-0.25, -0.2) is 4.79 Å². The minimum atomic E-state index is -0.370. The lowest BCUT2D eigenvalue weighted by atomic mass is 10.2. The normalized spacial score (nSPS) is 13.0. The van der Waals surface area contributed by atoms with Gasteiger partial charge in [0.1, 0.15) is 12.3 Å². The Bertz CT molecular complexity index is 774. The minimum absolute atomic E-state index is 0.0502. The summed E-state index contributed by atoms with van der Waals surface area (Å²) in [5.74, 6) is 0.688. The second kappa shape index (κ2) is 8.38. The third-order valence-corrected chi connectivity index (χ3v) is 3.99. The summed E-state index contributed by atoms with van der Waals surface area (Å²) in [5, 5.41) is 2.84. The van der Waals surface area contributed by atoms with Gasteiger partial charge in [0.05, 0.1) is 18.8 Å². The van der Waals surface area contributed by atoms with E-state index in [0.717, 1.165) is 24.3 Å². The highest BCUT2D eigenvalue weighted by atomic mass is 16.5. The van der Waals surface area contributed by atoms with Crippen molar-refractivity contribution < 1.29 is 19.1 Å². The molecule has 3 rings (SSSR count). The molecule has 0 aliphatic carbocycles. The summed E-state index contributed by atoms with van der Waals surface area (Å²) >= 11 is 0. The third-order valence-electron chi connectivity index (χ3n) is 3.99. The van der Waals surface area contributed by atoms with Gasteiger partial charge in [-0.2, -0.15) is 0 Å². The monoisotopic (exact) mass is 354 g/mol. The number of amides is 1. The van der Waals surface area contributed by atoms with Gasteiger partial charge in [-0.1, -0.05) is 25.5 Å². The summed E-state index contributed by atoms with van der Waals surface area (Å²) in [6.07, 6.45) is 2.10. The van der Waals surface area contributed by atoms with Crippen molar-refractivity contribution in [3.63, 3.8) is 0 Å². The van der Waals surface area contributed by atoms with Crippen LogP contribution in [-0.4, -0.2) is 31.6 Å². The molecule has 1 amide bonds. The van der Waals surface area contributed by atoms with Crippen LogP contribution >= 0.6 is 0 Å². The van der Waals surface area contributed by atoms with Crippen molar-refractivity contribution in [1.82, 2.24) is 0 Å². The Morgan fingerprint density at radius 2 is 1.96 bits per heavy atom. The maximum Gasteiger partial charge on any atom is 0.331 e. The molecule has 0 atom stereocenters. The summed E-state index contributed by atoms with van der Waals surface area (Å²) < 4.78 is 10.8. The number of ether oxygens (including phenoxy) is 2. The molecule has 0 fully saturated rings. The number of para-hydroxylation sites is 2. The minimum Gasteiger partial charge on any atom is -0.494 e. The number of nitrogens with one attached hydrogen (secondary N) is 1. The maximum atomic E-state index is 12.4. The van der Waals surface area contributed by atoms with E-state index in [1.54, 1.807) is 29.2 Å². The van der Waals surface area contributed by atoms with Crippen molar-refractivity contribution >= 4 is 23.3 Å². The number of benzene rings is 2. The van der Waals surface area contributed by atoms with Crippen LogP contribution in [0.15, 0.2) is 48.5 Å². The van der Waals surface area contributed by atoms with Gasteiger partial charge < -0.3 is 19.7 Å². The maximum absolute atomic E-state index is 12.4. The predicted octanol–water partition coefficient (Wildman–Crippen LogP) is 3.23. The van der Waals surface area contributed by atoms with Gasteiger partial charge in [-0.3, -0.25) is 4.79 Å². The summed E-state index contributed by atoms with van der Waals surface area (Å²) in [6.45, 7) is 2.92. The first-order chi connectivity index (χ1) is 12.7. The summed E-state index contributed by atoms with van der Waals surface area (Å²) in [4.78, 5) is 25.8. The zero-order valence-electron chi connectivity index (χ0n) is 14.7. The van der Waals surface area contributed by atoms with E-state index < -0.39 is 0 Å². The summed E-state index contributed by atoms with van der Waals surface area (Å²) in [5.41, 5.74) is 1.42. The van der Waals surface area contributed by atoms with Crippen LogP contribution in [0.5, 0.6) is 11.5 Å². The van der Waals surface area contributed by atoms with Gasteiger partial charge >= 0.3 is 5.97 Å². The fourth-order valence-corrected chi connectivity index (χ4v) is 2.68. The number of hydrogen-bond acceptors (Lipinski definition) is 5. The summed E-state index contributed by atoms with van der Waals surface area (Å²) in [7, 11) is 0. The number of anilines is 2. The Balaban J connectivity index is 1.58. The van der Waals surface area contributed by atoms with Crippen molar-refractivity contribution in [2.24, 2.45) is 0 Å². The van der Waals surface area contributed by atoms with Crippen LogP contribution in [0, 0.1) is 0 Å². The Morgan fingerprint density at radius 3 is 2.73 bits per heavy atom. The molecule has 0 saturated carbocycles. The SMILES string of the molecule is CCCCOc1ccc(NC(=O)CN2CC(=O)Oc3ccccc32)cc1. The molecule has 1 N–H and O–H groups in total. The number of hydrogen-bond donors (Lipinski definition) is 1. The van der Waals surface area contributed by atoms with Gasteiger partial charge in [-0.15, -0.1) is 0 Å². The van der Waals surface area contributed by atoms with E-state index in [1.807, 2.05) is 24.3 Å². The van der Waals surface area contributed by atoms with Crippen LogP contribution in [0.3, 0.4) is 0 Å². The number of carbonyl (C=O) groups excluding carboxylic acids is 2. The molecular formula is C20H22N2O4.